The Balaban J connectivity index is 1.53. The number of benzene rings is 3. The lowest BCUT2D eigenvalue weighted by molar-refractivity contribution is -0.385. The van der Waals surface area contributed by atoms with E-state index >= 15 is 0 Å². The molecule has 11 heteroatoms. The number of aryl methyl sites for hydroxylation is 1. The van der Waals surface area contributed by atoms with Gasteiger partial charge in [0.05, 0.1) is 4.92 Å². The normalized spacial score (nSPS) is 11.4. The molecule has 3 aromatic carbocycles. The van der Waals surface area contributed by atoms with E-state index < -0.39 is 22.8 Å². The molecule has 10 nitrogen and oxygen atoms in total. The molecule has 2 N–H and O–H groups in total. The number of anilines is 2. The topological polar surface area (TPSA) is 130 Å². The van der Waals surface area contributed by atoms with Crippen LogP contribution in [0.4, 0.5) is 16.5 Å². The summed E-state index contributed by atoms with van der Waals surface area (Å²) < 4.78 is 0. The van der Waals surface area contributed by atoms with Crippen LogP contribution >= 0.6 is 11.3 Å². The number of rotatable bonds is 9. The van der Waals surface area contributed by atoms with E-state index in [4.69, 9.17) is 0 Å². The smallest absolute Gasteiger partial charge is 0.273 e. The molecular weight excluding hydrogens is 504 g/mol. The Bertz CT molecular complexity index is 1450. The summed E-state index contributed by atoms with van der Waals surface area (Å²) in [6.07, 6.45) is 0.212. The molecule has 1 heterocycles. The number of nitro benzene ring substituents is 1. The minimum atomic E-state index is -0.961. The zero-order chi connectivity index (χ0) is 27.2. The molecular formula is C27H26N6O4S. The average Bonchev–Trinajstić information content (AvgIpc) is 3.37. The first kappa shape index (κ1) is 26.4. The van der Waals surface area contributed by atoms with Gasteiger partial charge in [-0.25, -0.2) is 0 Å². The summed E-state index contributed by atoms with van der Waals surface area (Å²) in [5.41, 5.74) is 3.11. The SMILES string of the molecule is Cc1ccc(C(=O)N[C@@H](Cc2ccccc2)C(=O)Nc2nnc(-c3ccc(N(C)C)cc3)s2)cc1[N+](=O)[O-]. The zero-order valence-electron chi connectivity index (χ0n) is 21.0. The van der Waals surface area contributed by atoms with Crippen molar-refractivity contribution in [2.75, 3.05) is 24.3 Å². The van der Waals surface area contributed by atoms with E-state index in [1.54, 1.807) is 6.92 Å². The number of hydrogen-bond acceptors (Lipinski definition) is 8. The van der Waals surface area contributed by atoms with Gasteiger partial charge in [0.2, 0.25) is 11.0 Å². The van der Waals surface area contributed by atoms with Gasteiger partial charge in [-0.2, -0.15) is 0 Å². The van der Waals surface area contributed by atoms with E-state index in [-0.39, 0.29) is 17.7 Å². The van der Waals surface area contributed by atoms with Crippen LogP contribution in [-0.2, 0) is 11.2 Å². The lowest BCUT2D eigenvalue weighted by Gasteiger charge is -2.18. The number of amides is 2. The number of aromatic nitrogens is 2. The average molecular weight is 531 g/mol. The van der Waals surface area contributed by atoms with Gasteiger partial charge in [-0.05, 0) is 42.8 Å². The van der Waals surface area contributed by atoms with E-state index in [9.17, 15) is 19.7 Å². The fourth-order valence-corrected chi connectivity index (χ4v) is 4.49. The molecule has 1 atom stereocenters. The van der Waals surface area contributed by atoms with Crippen molar-refractivity contribution < 1.29 is 14.5 Å². The summed E-state index contributed by atoms with van der Waals surface area (Å²) in [7, 11) is 3.91. The molecule has 4 rings (SSSR count). The number of nitro groups is 1. The molecule has 0 unspecified atom stereocenters. The Morgan fingerprint density at radius 2 is 1.74 bits per heavy atom. The molecule has 38 heavy (non-hydrogen) atoms. The van der Waals surface area contributed by atoms with Gasteiger partial charge in [0.1, 0.15) is 11.0 Å². The van der Waals surface area contributed by atoms with Gasteiger partial charge in [-0.1, -0.05) is 47.7 Å². The van der Waals surface area contributed by atoms with Crippen LogP contribution in [0.5, 0.6) is 0 Å². The van der Waals surface area contributed by atoms with Crippen molar-refractivity contribution in [2.45, 2.75) is 19.4 Å². The molecule has 194 valence electrons. The Hall–Kier alpha value is -4.64. The van der Waals surface area contributed by atoms with E-state index in [0.29, 0.717) is 15.7 Å². The van der Waals surface area contributed by atoms with Gasteiger partial charge in [-0.3, -0.25) is 25.0 Å². The van der Waals surface area contributed by atoms with E-state index in [2.05, 4.69) is 20.8 Å². The maximum Gasteiger partial charge on any atom is 0.273 e. The number of carbonyl (C=O) groups excluding carboxylic acids is 2. The molecule has 2 amide bonds. The number of nitrogens with zero attached hydrogens (tertiary/aromatic N) is 4. The van der Waals surface area contributed by atoms with Crippen molar-refractivity contribution in [3.8, 4) is 10.6 Å². The highest BCUT2D eigenvalue weighted by molar-refractivity contribution is 7.18. The van der Waals surface area contributed by atoms with Crippen LogP contribution < -0.4 is 15.5 Å². The van der Waals surface area contributed by atoms with Crippen molar-refractivity contribution in [3.05, 3.63) is 99.6 Å². The third kappa shape index (κ3) is 6.37. The van der Waals surface area contributed by atoms with Crippen molar-refractivity contribution in [1.29, 1.82) is 0 Å². The van der Waals surface area contributed by atoms with E-state index in [0.717, 1.165) is 16.8 Å². The van der Waals surface area contributed by atoms with Gasteiger partial charge in [0.25, 0.3) is 11.6 Å². The molecule has 1 aromatic heterocycles. The van der Waals surface area contributed by atoms with Crippen LogP contribution in [0.25, 0.3) is 10.6 Å². The molecule has 0 aliphatic carbocycles. The summed E-state index contributed by atoms with van der Waals surface area (Å²) >= 11 is 1.22. The standard InChI is InChI=1S/C27H26N6O4S/c1-17-9-10-20(16-23(17)33(36)37)24(34)28-22(15-18-7-5-4-6-8-18)25(35)29-27-31-30-26(38-27)19-11-13-21(14-12-19)32(2)3/h4-14,16,22H,15H2,1-3H3,(H,28,34)(H,29,31,35)/t22-/m0/s1. The van der Waals surface area contributed by atoms with Gasteiger partial charge >= 0.3 is 0 Å². The van der Waals surface area contributed by atoms with Crippen molar-refractivity contribution in [3.63, 3.8) is 0 Å². The lowest BCUT2D eigenvalue weighted by Crippen LogP contribution is -2.45. The molecule has 0 spiro atoms. The highest BCUT2D eigenvalue weighted by Crippen LogP contribution is 2.28. The summed E-state index contributed by atoms with van der Waals surface area (Å²) in [5.74, 6) is -1.07. The lowest BCUT2D eigenvalue weighted by atomic mass is 10.0. The predicted octanol–water partition coefficient (Wildman–Crippen LogP) is 4.47. The zero-order valence-corrected chi connectivity index (χ0v) is 21.9. The van der Waals surface area contributed by atoms with Crippen molar-refractivity contribution in [2.24, 2.45) is 0 Å². The van der Waals surface area contributed by atoms with Gasteiger partial charge in [0, 0.05) is 49.0 Å². The number of carbonyl (C=O) groups is 2. The van der Waals surface area contributed by atoms with Gasteiger partial charge < -0.3 is 10.2 Å². The molecule has 0 radical (unpaired) electrons. The first-order valence-corrected chi connectivity index (χ1v) is 12.5. The quantitative estimate of drug-likeness (QED) is 0.241. The monoisotopic (exact) mass is 530 g/mol. The van der Waals surface area contributed by atoms with Crippen LogP contribution in [0, 0.1) is 17.0 Å². The molecule has 4 aromatic rings. The first-order chi connectivity index (χ1) is 18.2. The van der Waals surface area contributed by atoms with Crippen LogP contribution in [-0.4, -0.2) is 47.1 Å². The summed E-state index contributed by atoms with van der Waals surface area (Å²) in [6.45, 7) is 1.60. The molecule has 0 aliphatic heterocycles. The fourth-order valence-electron chi connectivity index (χ4n) is 3.73. The second kappa shape index (κ2) is 11.6. The highest BCUT2D eigenvalue weighted by Gasteiger charge is 2.24. The number of nitrogens with one attached hydrogen (secondary N) is 2. The Morgan fingerprint density at radius 1 is 1.03 bits per heavy atom. The second-order valence-electron chi connectivity index (χ2n) is 8.82. The predicted molar refractivity (Wildman–Crippen MR) is 148 cm³/mol. The Morgan fingerprint density at radius 3 is 2.39 bits per heavy atom. The number of hydrogen-bond donors (Lipinski definition) is 2. The maximum atomic E-state index is 13.3. The highest BCUT2D eigenvalue weighted by atomic mass is 32.1. The fraction of sp³-hybridized carbons (Fsp3) is 0.185. The molecule has 0 saturated carbocycles. The van der Waals surface area contributed by atoms with Crippen molar-refractivity contribution in [1.82, 2.24) is 15.5 Å². The maximum absolute atomic E-state index is 13.3. The van der Waals surface area contributed by atoms with Crippen LogP contribution in [0.2, 0.25) is 0 Å². The van der Waals surface area contributed by atoms with Crippen LogP contribution in [0.1, 0.15) is 21.5 Å². The van der Waals surface area contributed by atoms with E-state index in [1.165, 1.54) is 29.5 Å². The van der Waals surface area contributed by atoms with Gasteiger partial charge in [0.15, 0.2) is 0 Å². The summed E-state index contributed by atoms with van der Waals surface area (Å²) in [5, 5.41) is 26.0. The molecule has 0 saturated heterocycles. The third-order valence-corrected chi connectivity index (χ3v) is 6.75. The minimum Gasteiger partial charge on any atom is -0.378 e. The molecule has 0 aliphatic rings. The Labute approximate surface area is 223 Å². The van der Waals surface area contributed by atoms with Gasteiger partial charge in [-0.15, -0.1) is 10.2 Å². The largest absolute Gasteiger partial charge is 0.378 e. The summed E-state index contributed by atoms with van der Waals surface area (Å²) in [6, 6.07) is 20.3. The van der Waals surface area contributed by atoms with E-state index in [1.807, 2.05) is 73.6 Å². The molecule has 0 fully saturated rings. The summed E-state index contributed by atoms with van der Waals surface area (Å²) in [4.78, 5) is 39.1. The van der Waals surface area contributed by atoms with Crippen LogP contribution in [0.15, 0.2) is 72.8 Å². The van der Waals surface area contributed by atoms with Crippen LogP contribution in [0.3, 0.4) is 0 Å². The third-order valence-electron chi connectivity index (χ3n) is 5.86. The second-order valence-corrected chi connectivity index (χ2v) is 9.79. The minimum absolute atomic E-state index is 0.0903. The molecule has 0 bridgehead atoms. The first-order valence-electron chi connectivity index (χ1n) is 11.7. The Kier molecular flexibility index (Phi) is 8.07. The van der Waals surface area contributed by atoms with Crippen molar-refractivity contribution >= 4 is 39.7 Å².